The first kappa shape index (κ1) is 17.9. The summed E-state index contributed by atoms with van der Waals surface area (Å²) >= 11 is 0. The predicted octanol–water partition coefficient (Wildman–Crippen LogP) is 3.12. The minimum atomic E-state index is -0.0534. The standard InChI is InChI=1S/C20H26N4O2/c1-22(2)17-10-8-16(9-11-17)21-20(25)24-14-12-23(13-15-24)18-6-4-5-7-19(18)26-3/h4-11H,12-15H2,1-3H3,(H,21,25). The number of rotatable bonds is 4. The fourth-order valence-electron chi connectivity index (χ4n) is 3.09. The van der Waals surface area contributed by atoms with Crippen molar-refractivity contribution < 1.29 is 9.53 Å². The third-order valence-corrected chi connectivity index (χ3v) is 4.63. The van der Waals surface area contributed by atoms with Crippen molar-refractivity contribution in [1.29, 1.82) is 0 Å². The second-order valence-corrected chi connectivity index (χ2v) is 6.52. The lowest BCUT2D eigenvalue weighted by molar-refractivity contribution is 0.208. The van der Waals surface area contributed by atoms with Crippen LogP contribution >= 0.6 is 0 Å². The summed E-state index contributed by atoms with van der Waals surface area (Å²) in [6.45, 7) is 2.93. The van der Waals surface area contributed by atoms with Crippen LogP contribution in [0.5, 0.6) is 5.75 Å². The Hall–Kier alpha value is -2.89. The number of nitrogens with zero attached hydrogens (tertiary/aromatic N) is 3. The summed E-state index contributed by atoms with van der Waals surface area (Å²) in [5.74, 6) is 0.867. The van der Waals surface area contributed by atoms with Crippen LogP contribution in [0.1, 0.15) is 0 Å². The molecule has 0 aromatic heterocycles. The molecule has 2 aromatic rings. The van der Waals surface area contributed by atoms with Gasteiger partial charge in [0, 0.05) is 51.6 Å². The summed E-state index contributed by atoms with van der Waals surface area (Å²) in [7, 11) is 5.67. The van der Waals surface area contributed by atoms with Crippen molar-refractivity contribution in [2.75, 3.05) is 62.5 Å². The molecule has 0 spiro atoms. The van der Waals surface area contributed by atoms with Gasteiger partial charge in [0.05, 0.1) is 12.8 Å². The maximum atomic E-state index is 12.5. The number of nitrogens with one attached hydrogen (secondary N) is 1. The Morgan fingerprint density at radius 1 is 1.00 bits per heavy atom. The van der Waals surface area contributed by atoms with Crippen molar-refractivity contribution in [2.45, 2.75) is 0 Å². The third-order valence-electron chi connectivity index (χ3n) is 4.63. The van der Waals surface area contributed by atoms with E-state index in [0.29, 0.717) is 13.1 Å². The van der Waals surface area contributed by atoms with E-state index < -0.39 is 0 Å². The zero-order valence-corrected chi connectivity index (χ0v) is 15.6. The van der Waals surface area contributed by atoms with Gasteiger partial charge in [-0.2, -0.15) is 0 Å². The van der Waals surface area contributed by atoms with E-state index in [0.717, 1.165) is 35.9 Å². The minimum Gasteiger partial charge on any atom is -0.495 e. The van der Waals surface area contributed by atoms with E-state index in [1.165, 1.54) is 0 Å². The van der Waals surface area contributed by atoms with E-state index in [1.807, 2.05) is 66.4 Å². The summed E-state index contributed by atoms with van der Waals surface area (Å²) in [5.41, 5.74) is 3.00. The van der Waals surface area contributed by atoms with Crippen LogP contribution in [0, 0.1) is 0 Å². The molecule has 1 aliphatic rings. The second kappa shape index (κ2) is 7.99. The second-order valence-electron chi connectivity index (χ2n) is 6.52. The Bertz CT molecular complexity index is 738. The van der Waals surface area contributed by atoms with Gasteiger partial charge in [-0.15, -0.1) is 0 Å². The molecule has 0 radical (unpaired) electrons. The maximum absolute atomic E-state index is 12.5. The van der Waals surface area contributed by atoms with Crippen molar-refractivity contribution in [1.82, 2.24) is 4.90 Å². The third kappa shape index (κ3) is 4.02. The van der Waals surface area contributed by atoms with Crippen molar-refractivity contribution >= 4 is 23.1 Å². The molecule has 1 fully saturated rings. The molecule has 0 aliphatic carbocycles. The first-order valence-electron chi connectivity index (χ1n) is 8.80. The highest BCUT2D eigenvalue weighted by atomic mass is 16.5. The Morgan fingerprint density at radius 2 is 1.65 bits per heavy atom. The molecule has 1 aliphatic heterocycles. The largest absolute Gasteiger partial charge is 0.495 e. The summed E-state index contributed by atoms with van der Waals surface area (Å²) < 4.78 is 5.44. The number of hydrogen-bond donors (Lipinski definition) is 1. The molecule has 6 heteroatoms. The number of piperazine rings is 1. The lowest BCUT2D eigenvalue weighted by Crippen LogP contribution is -2.50. The first-order valence-corrected chi connectivity index (χ1v) is 8.80. The van der Waals surface area contributed by atoms with Crippen LogP contribution in [-0.4, -0.2) is 58.3 Å². The Morgan fingerprint density at radius 3 is 2.27 bits per heavy atom. The van der Waals surface area contributed by atoms with Gasteiger partial charge in [0.2, 0.25) is 0 Å². The average Bonchev–Trinajstić information content (AvgIpc) is 2.68. The van der Waals surface area contributed by atoms with Crippen LogP contribution in [0.4, 0.5) is 21.9 Å². The van der Waals surface area contributed by atoms with E-state index in [9.17, 15) is 4.79 Å². The van der Waals surface area contributed by atoms with Crippen molar-refractivity contribution in [3.8, 4) is 5.75 Å². The van der Waals surface area contributed by atoms with Crippen LogP contribution in [0.25, 0.3) is 0 Å². The first-order chi connectivity index (χ1) is 12.6. The number of benzene rings is 2. The normalized spacial score (nSPS) is 14.1. The molecule has 3 rings (SSSR count). The fourth-order valence-corrected chi connectivity index (χ4v) is 3.09. The number of hydrogen-bond acceptors (Lipinski definition) is 4. The zero-order valence-electron chi connectivity index (χ0n) is 15.6. The average molecular weight is 354 g/mol. The number of anilines is 3. The SMILES string of the molecule is COc1ccccc1N1CCN(C(=O)Nc2ccc(N(C)C)cc2)CC1. The minimum absolute atomic E-state index is 0.0534. The quantitative estimate of drug-likeness (QED) is 0.916. The van der Waals surface area contributed by atoms with Gasteiger partial charge in [0.15, 0.2) is 0 Å². The van der Waals surface area contributed by atoms with E-state index in [2.05, 4.69) is 16.3 Å². The van der Waals surface area contributed by atoms with Gasteiger partial charge < -0.3 is 24.8 Å². The highest BCUT2D eigenvalue weighted by Crippen LogP contribution is 2.28. The number of amides is 2. The molecule has 6 nitrogen and oxygen atoms in total. The lowest BCUT2D eigenvalue weighted by Gasteiger charge is -2.36. The molecule has 0 bridgehead atoms. The van der Waals surface area contributed by atoms with E-state index in [1.54, 1.807) is 7.11 Å². The summed E-state index contributed by atoms with van der Waals surface area (Å²) in [6, 6.07) is 15.8. The highest BCUT2D eigenvalue weighted by Gasteiger charge is 2.22. The molecular weight excluding hydrogens is 328 g/mol. The van der Waals surface area contributed by atoms with Gasteiger partial charge in [-0.05, 0) is 36.4 Å². The highest BCUT2D eigenvalue weighted by molar-refractivity contribution is 5.89. The Balaban J connectivity index is 1.56. The monoisotopic (exact) mass is 354 g/mol. The number of para-hydroxylation sites is 2. The Kier molecular flexibility index (Phi) is 5.51. The molecule has 0 atom stereocenters. The topological polar surface area (TPSA) is 48.1 Å². The van der Waals surface area contributed by atoms with Crippen molar-refractivity contribution in [3.63, 3.8) is 0 Å². The number of urea groups is 1. The molecule has 138 valence electrons. The van der Waals surface area contributed by atoms with Crippen LogP contribution in [-0.2, 0) is 0 Å². The van der Waals surface area contributed by atoms with Gasteiger partial charge in [-0.25, -0.2) is 4.79 Å². The smallest absolute Gasteiger partial charge is 0.321 e. The fraction of sp³-hybridized carbons (Fsp3) is 0.350. The van der Waals surface area contributed by atoms with Crippen LogP contribution in [0.15, 0.2) is 48.5 Å². The summed E-state index contributed by atoms with van der Waals surface area (Å²) in [4.78, 5) is 18.7. The van der Waals surface area contributed by atoms with Gasteiger partial charge in [-0.3, -0.25) is 0 Å². The molecule has 1 saturated heterocycles. The van der Waals surface area contributed by atoms with Gasteiger partial charge in [-0.1, -0.05) is 12.1 Å². The zero-order chi connectivity index (χ0) is 18.5. The summed E-state index contributed by atoms with van der Waals surface area (Å²) in [6.07, 6.45) is 0. The number of ether oxygens (including phenoxy) is 1. The van der Waals surface area contributed by atoms with Gasteiger partial charge >= 0.3 is 6.03 Å². The molecular formula is C20H26N4O2. The molecule has 1 heterocycles. The van der Waals surface area contributed by atoms with Crippen LogP contribution < -0.4 is 19.9 Å². The van der Waals surface area contributed by atoms with Crippen LogP contribution in [0.2, 0.25) is 0 Å². The molecule has 2 amide bonds. The number of carbonyl (C=O) groups is 1. The molecule has 1 N–H and O–H groups in total. The van der Waals surface area contributed by atoms with E-state index >= 15 is 0 Å². The van der Waals surface area contributed by atoms with Crippen molar-refractivity contribution in [3.05, 3.63) is 48.5 Å². The number of carbonyl (C=O) groups excluding carboxylic acids is 1. The molecule has 0 unspecified atom stereocenters. The Labute approximate surface area is 155 Å². The van der Waals surface area contributed by atoms with Crippen LogP contribution in [0.3, 0.4) is 0 Å². The summed E-state index contributed by atoms with van der Waals surface area (Å²) in [5, 5.41) is 2.98. The van der Waals surface area contributed by atoms with E-state index in [-0.39, 0.29) is 6.03 Å². The van der Waals surface area contributed by atoms with Gasteiger partial charge in [0.25, 0.3) is 0 Å². The molecule has 26 heavy (non-hydrogen) atoms. The van der Waals surface area contributed by atoms with E-state index in [4.69, 9.17) is 4.74 Å². The molecule has 2 aromatic carbocycles. The predicted molar refractivity (Wildman–Crippen MR) is 107 cm³/mol. The molecule has 0 saturated carbocycles. The van der Waals surface area contributed by atoms with Crippen molar-refractivity contribution in [2.24, 2.45) is 0 Å². The van der Waals surface area contributed by atoms with Gasteiger partial charge in [0.1, 0.15) is 5.75 Å². The maximum Gasteiger partial charge on any atom is 0.321 e. The lowest BCUT2D eigenvalue weighted by atomic mass is 10.2. The number of methoxy groups -OCH3 is 1.